The monoisotopic (exact) mass is 354 g/mol. The number of hydrogen-bond donors (Lipinski definition) is 1. The third-order valence-electron chi connectivity index (χ3n) is 2.68. The van der Waals surface area contributed by atoms with E-state index < -0.39 is 0 Å². The zero-order chi connectivity index (χ0) is 13.0. The second-order valence-corrected chi connectivity index (χ2v) is 5.21. The molecule has 1 N–H and O–H groups in total. The summed E-state index contributed by atoms with van der Waals surface area (Å²) < 4.78 is 1.05. The Morgan fingerprint density at radius 3 is 2.94 bits per heavy atom. The van der Waals surface area contributed by atoms with Crippen LogP contribution in [0.4, 0.5) is 0 Å². The molecule has 1 amide bonds. The van der Waals surface area contributed by atoms with Crippen LogP contribution in [-0.2, 0) is 0 Å². The number of aromatic nitrogens is 1. The lowest BCUT2D eigenvalue weighted by molar-refractivity contribution is 0.0955. The molecule has 0 unspecified atom stereocenters. The molecule has 94 valence electrons. The smallest absolute Gasteiger partial charge is 0.252 e. The normalized spacial score (nSPS) is 10.6. The summed E-state index contributed by atoms with van der Waals surface area (Å²) in [6.45, 7) is 2.63. The van der Waals surface area contributed by atoms with Crippen LogP contribution in [0.3, 0.4) is 0 Å². The highest BCUT2D eigenvalue weighted by Gasteiger charge is 2.10. The van der Waals surface area contributed by atoms with Crippen LogP contribution in [0.15, 0.2) is 30.3 Å². The van der Waals surface area contributed by atoms with Gasteiger partial charge in [-0.15, -0.1) is 0 Å². The minimum atomic E-state index is -0.0125. The van der Waals surface area contributed by atoms with Gasteiger partial charge in [0.05, 0.1) is 11.1 Å². The predicted octanol–water partition coefficient (Wildman–Crippen LogP) is 3.10. The van der Waals surface area contributed by atoms with Crippen molar-refractivity contribution in [2.24, 2.45) is 0 Å². The Bertz CT molecular complexity index is 569. The van der Waals surface area contributed by atoms with Crippen molar-refractivity contribution < 1.29 is 4.79 Å². The maximum Gasteiger partial charge on any atom is 0.252 e. The fourth-order valence-electron chi connectivity index (χ4n) is 1.86. The van der Waals surface area contributed by atoms with Gasteiger partial charge in [-0.3, -0.25) is 9.78 Å². The van der Waals surface area contributed by atoms with Crippen LogP contribution in [0.2, 0.25) is 0 Å². The molecule has 0 atom stereocenters. The van der Waals surface area contributed by atoms with Gasteiger partial charge in [-0.1, -0.05) is 40.8 Å². The molecular formula is C14H15IN2O. The molecule has 0 aliphatic heterocycles. The predicted molar refractivity (Wildman–Crippen MR) is 82.3 cm³/mol. The molecule has 0 bridgehead atoms. The first-order valence-corrected chi connectivity index (χ1v) is 7.45. The van der Waals surface area contributed by atoms with Gasteiger partial charge in [-0.2, -0.15) is 0 Å². The second-order valence-electron chi connectivity index (χ2n) is 4.13. The van der Waals surface area contributed by atoms with E-state index in [0.29, 0.717) is 5.56 Å². The second kappa shape index (κ2) is 6.13. The van der Waals surface area contributed by atoms with E-state index in [1.165, 1.54) is 0 Å². The first-order chi connectivity index (χ1) is 8.72. The molecule has 0 aliphatic carbocycles. The fourth-order valence-corrected chi connectivity index (χ4v) is 2.24. The van der Waals surface area contributed by atoms with Crippen molar-refractivity contribution in [2.75, 3.05) is 11.0 Å². The van der Waals surface area contributed by atoms with Crippen LogP contribution in [0.5, 0.6) is 0 Å². The van der Waals surface area contributed by atoms with Crippen molar-refractivity contribution in [3.05, 3.63) is 41.6 Å². The van der Waals surface area contributed by atoms with Gasteiger partial charge in [0.1, 0.15) is 0 Å². The Morgan fingerprint density at radius 1 is 1.39 bits per heavy atom. The first-order valence-electron chi connectivity index (χ1n) is 5.93. The van der Waals surface area contributed by atoms with Gasteiger partial charge >= 0.3 is 0 Å². The number of hydrogen-bond acceptors (Lipinski definition) is 2. The number of benzene rings is 1. The van der Waals surface area contributed by atoms with Crippen molar-refractivity contribution in [2.45, 2.75) is 13.3 Å². The number of fused-ring (bicyclic) bond motifs is 1. The highest BCUT2D eigenvalue weighted by atomic mass is 127. The quantitative estimate of drug-likeness (QED) is 0.521. The molecule has 3 nitrogen and oxygen atoms in total. The molecular weight excluding hydrogens is 339 g/mol. The molecule has 4 heteroatoms. The first kappa shape index (κ1) is 13.3. The van der Waals surface area contributed by atoms with Crippen LogP contribution in [0, 0.1) is 6.92 Å². The Hall–Kier alpha value is -1.17. The third-order valence-corrected chi connectivity index (χ3v) is 3.45. The number of para-hydroxylation sites is 1. The molecule has 1 heterocycles. The van der Waals surface area contributed by atoms with Crippen molar-refractivity contribution in [3.8, 4) is 0 Å². The van der Waals surface area contributed by atoms with Gasteiger partial charge in [0.25, 0.3) is 5.91 Å². The van der Waals surface area contributed by atoms with Crippen molar-refractivity contribution in [1.29, 1.82) is 0 Å². The molecule has 1 aromatic heterocycles. The molecule has 2 aromatic rings. The number of aryl methyl sites for hydroxylation is 1. The SMILES string of the molecule is Cc1cc(C(=O)NCCCI)c2ccccc2n1. The number of rotatable bonds is 4. The molecule has 18 heavy (non-hydrogen) atoms. The van der Waals surface area contributed by atoms with Gasteiger partial charge in [-0.05, 0) is 25.5 Å². The molecule has 2 rings (SSSR count). The number of halogens is 1. The van der Waals surface area contributed by atoms with E-state index >= 15 is 0 Å². The van der Waals surface area contributed by atoms with Crippen LogP contribution in [0.1, 0.15) is 22.5 Å². The van der Waals surface area contributed by atoms with Gasteiger partial charge < -0.3 is 5.32 Å². The lowest BCUT2D eigenvalue weighted by atomic mass is 10.1. The minimum Gasteiger partial charge on any atom is -0.352 e. The van der Waals surface area contributed by atoms with Crippen LogP contribution in [-0.4, -0.2) is 21.9 Å². The number of carbonyl (C=O) groups excluding carboxylic acids is 1. The van der Waals surface area contributed by atoms with Gasteiger partial charge in [0.2, 0.25) is 0 Å². The Labute approximate surface area is 120 Å². The van der Waals surface area contributed by atoms with Crippen LogP contribution >= 0.6 is 22.6 Å². The molecule has 0 saturated heterocycles. The molecule has 0 spiro atoms. The van der Waals surface area contributed by atoms with E-state index in [1.54, 1.807) is 0 Å². The Balaban J connectivity index is 2.34. The van der Waals surface area contributed by atoms with Crippen LogP contribution < -0.4 is 5.32 Å². The lowest BCUT2D eigenvalue weighted by Gasteiger charge is -2.08. The van der Waals surface area contributed by atoms with E-state index in [2.05, 4.69) is 32.9 Å². The third kappa shape index (κ3) is 2.98. The fraction of sp³-hybridized carbons (Fsp3) is 0.286. The lowest BCUT2D eigenvalue weighted by Crippen LogP contribution is -2.25. The van der Waals surface area contributed by atoms with E-state index in [9.17, 15) is 4.79 Å². The van der Waals surface area contributed by atoms with Gasteiger partial charge in [-0.25, -0.2) is 0 Å². The minimum absolute atomic E-state index is 0.0125. The maximum absolute atomic E-state index is 12.1. The average molecular weight is 354 g/mol. The molecule has 0 radical (unpaired) electrons. The highest BCUT2D eigenvalue weighted by Crippen LogP contribution is 2.17. The van der Waals surface area contributed by atoms with Crippen molar-refractivity contribution in [1.82, 2.24) is 10.3 Å². The number of carbonyl (C=O) groups is 1. The summed E-state index contributed by atoms with van der Waals surface area (Å²) in [7, 11) is 0. The number of nitrogens with zero attached hydrogens (tertiary/aromatic N) is 1. The maximum atomic E-state index is 12.1. The molecule has 0 fully saturated rings. The van der Waals surface area contributed by atoms with E-state index in [1.807, 2.05) is 37.3 Å². The number of alkyl halides is 1. The largest absolute Gasteiger partial charge is 0.352 e. The average Bonchev–Trinajstić information content (AvgIpc) is 2.38. The summed E-state index contributed by atoms with van der Waals surface area (Å²) in [5.41, 5.74) is 2.45. The summed E-state index contributed by atoms with van der Waals surface area (Å²) >= 11 is 2.31. The Morgan fingerprint density at radius 2 is 2.17 bits per heavy atom. The highest BCUT2D eigenvalue weighted by molar-refractivity contribution is 14.1. The number of pyridine rings is 1. The van der Waals surface area contributed by atoms with Gasteiger partial charge in [0, 0.05) is 22.1 Å². The zero-order valence-corrected chi connectivity index (χ0v) is 12.4. The summed E-state index contributed by atoms with van der Waals surface area (Å²) in [6.07, 6.45) is 0.994. The zero-order valence-electron chi connectivity index (χ0n) is 10.2. The molecule has 0 saturated carbocycles. The standard InChI is InChI=1S/C14H15IN2O/c1-10-9-12(14(18)16-8-4-7-15)11-5-2-3-6-13(11)17-10/h2-3,5-6,9H,4,7-8H2,1H3,(H,16,18). The van der Waals surface area contributed by atoms with Crippen molar-refractivity contribution >= 4 is 39.4 Å². The molecule has 1 aromatic carbocycles. The number of amides is 1. The van der Waals surface area contributed by atoms with E-state index in [-0.39, 0.29) is 5.91 Å². The van der Waals surface area contributed by atoms with Crippen molar-refractivity contribution in [3.63, 3.8) is 0 Å². The van der Waals surface area contributed by atoms with E-state index in [0.717, 1.165) is 34.0 Å². The topological polar surface area (TPSA) is 42.0 Å². The summed E-state index contributed by atoms with van der Waals surface area (Å²) in [6, 6.07) is 9.59. The number of nitrogens with one attached hydrogen (secondary N) is 1. The Kier molecular flexibility index (Phi) is 4.52. The molecule has 0 aliphatic rings. The van der Waals surface area contributed by atoms with Crippen LogP contribution in [0.25, 0.3) is 10.9 Å². The summed E-state index contributed by atoms with van der Waals surface area (Å²) in [4.78, 5) is 16.6. The van der Waals surface area contributed by atoms with E-state index in [4.69, 9.17) is 0 Å². The summed E-state index contributed by atoms with van der Waals surface area (Å²) in [5, 5.41) is 3.86. The summed E-state index contributed by atoms with van der Waals surface area (Å²) in [5.74, 6) is -0.0125. The van der Waals surface area contributed by atoms with Gasteiger partial charge in [0.15, 0.2) is 0 Å².